The number of methoxy groups -OCH3 is 1. The van der Waals surface area contributed by atoms with Crippen molar-refractivity contribution in [3.05, 3.63) is 0 Å². The summed E-state index contributed by atoms with van der Waals surface area (Å²) in [4.78, 5) is 11.3. The van der Waals surface area contributed by atoms with Crippen LogP contribution in [0.4, 0.5) is 0 Å². The molecule has 12 heavy (non-hydrogen) atoms. The van der Waals surface area contributed by atoms with Crippen LogP contribution in [0.1, 0.15) is 19.3 Å². The maximum atomic E-state index is 11.3. The van der Waals surface area contributed by atoms with Gasteiger partial charge in [-0.25, -0.2) is 0 Å². The van der Waals surface area contributed by atoms with Crippen LogP contribution < -0.4 is 5.73 Å². The van der Waals surface area contributed by atoms with E-state index in [1.165, 1.54) is 13.5 Å². The van der Waals surface area contributed by atoms with Crippen molar-refractivity contribution in [3.63, 3.8) is 0 Å². The molecule has 2 N–H and O–H groups in total. The number of esters is 1. The summed E-state index contributed by atoms with van der Waals surface area (Å²) in [5.74, 6) is 0.986. The van der Waals surface area contributed by atoms with E-state index in [1.807, 2.05) is 0 Å². The van der Waals surface area contributed by atoms with Crippen molar-refractivity contribution >= 4 is 5.97 Å². The number of hydrogen-bond donors (Lipinski definition) is 1. The molecule has 0 amide bonds. The van der Waals surface area contributed by atoms with Gasteiger partial charge in [-0.1, -0.05) is 0 Å². The number of fused-ring (bicyclic) bond motifs is 2. The third-order valence-corrected chi connectivity index (χ3v) is 3.45. The molecule has 3 unspecified atom stereocenters. The van der Waals surface area contributed by atoms with Gasteiger partial charge in [0.2, 0.25) is 0 Å². The zero-order chi connectivity index (χ0) is 8.72. The van der Waals surface area contributed by atoms with E-state index in [4.69, 9.17) is 10.5 Å². The van der Waals surface area contributed by atoms with Crippen molar-refractivity contribution in [2.24, 2.45) is 23.5 Å². The molecule has 0 aromatic heterocycles. The lowest BCUT2D eigenvalue weighted by Gasteiger charge is -2.25. The molecule has 3 heteroatoms. The summed E-state index contributed by atoms with van der Waals surface area (Å²) in [6.45, 7) is 0. The number of carbonyl (C=O) groups is 1. The Balaban J connectivity index is 2.12. The summed E-state index contributed by atoms with van der Waals surface area (Å²) in [5, 5.41) is 0. The predicted octanol–water partition coefficient (Wildman–Crippen LogP) is 0.533. The minimum absolute atomic E-state index is 0.00579. The first-order valence-electron chi connectivity index (χ1n) is 4.57. The molecular formula is C9H15NO2. The van der Waals surface area contributed by atoms with Crippen LogP contribution in [0.2, 0.25) is 0 Å². The molecule has 2 saturated carbocycles. The number of hydrogen-bond acceptors (Lipinski definition) is 3. The van der Waals surface area contributed by atoms with E-state index in [1.54, 1.807) is 0 Å². The van der Waals surface area contributed by atoms with E-state index < -0.39 is 0 Å². The maximum absolute atomic E-state index is 11.3. The number of rotatable bonds is 1. The van der Waals surface area contributed by atoms with Crippen LogP contribution in [0.15, 0.2) is 0 Å². The van der Waals surface area contributed by atoms with Crippen LogP contribution in [0, 0.1) is 17.8 Å². The molecule has 4 atom stereocenters. The van der Waals surface area contributed by atoms with E-state index in [2.05, 4.69) is 0 Å². The fourth-order valence-corrected chi connectivity index (χ4v) is 2.82. The van der Waals surface area contributed by atoms with Crippen molar-refractivity contribution in [2.75, 3.05) is 7.11 Å². The Morgan fingerprint density at radius 2 is 2.08 bits per heavy atom. The van der Waals surface area contributed by atoms with Gasteiger partial charge < -0.3 is 10.5 Å². The second kappa shape index (κ2) is 2.73. The third kappa shape index (κ3) is 0.959. The molecule has 0 radical (unpaired) electrons. The molecule has 2 bridgehead atoms. The SMILES string of the molecule is COC(=O)C1C2CC[C@H](C2)C1N. The molecule has 0 spiro atoms. The predicted molar refractivity (Wildman–Crippen MR) is 44.3 cm³/mol. The Morgan fingerprint density at radius 1 is 1.42 bits per heavy atom. The van der Waals surface area contributed by atoms with Gasteiger partial charge in [0, 0.05) is 6.04 Å². The van der Waals surface area contributed by atoms with Crippen molar-refractivity contribution in [1.29, 1.82) is 0 Å². The molecule has 2 aliphatic carbocycles. The smallest absolute Gasteiger partial charge is 0.310 e. The van der Waals surface area contributed by atoms with Gasteiger partial charge >= 0.3 is 5.97 Å². The zero-order valence-electron chi connectivity index (χ0n) is 7.32. The number of nitrogens with two attached hydrogens (primary N) is 1. The second-order valence-electron chi connectivity index (χ2n) is 3.96. The fourth-order valence-electron chi connectivity index (χ4n) is 2.82. The van der Waals surface area contributed by atoms with Crippen molar-refractivity contribution in [1.82, 2.24) is 0 Å². The van der Waals surface area contributed by atoms with Gasteiger partial charge in [-0.15, -0.1) is 0 Å². The van der Waals surface area contributed by atoms with Crippen LogP contribution in [0.25, 0.3) is 0 Å². The first kappa shape index (κ1) is 8.05. The first-order chi connectivity index (χ1) is 5.74. The third-order valence-electron chi connectivity index (χ3n) is 3.45. The molecule has 3 nitrogen and oxygen atoms in total. The molecule has 0 aromatic rings. The van der Waals surface area contributed by atoms with Crippen molar-refractivity contribution in [3.8, 4) is 0 Å². The highest BCUT2D eigenvalue weighted by Crippen LogP contribution is 2.47. The minimum Gasteiger partial charge on any atom is -0.469 e. The minimum atomic E-state index is -0.102. The van der Waals surface area contributed by atoms with E-state index in [-0.39, 0.29) is 17.9 Å². The summed E-state index contributed by atoms with van der Waals surface area (Å²) in [6.07, 6.45) is 3.51. The Kier molecular flexibility index (Phi) is 1.83. The summed E-state index contributed by atoms with van der Waals surface area (Å²) in [7, 11) is 1.45. The summed E-state index contributed by atoms with van der Waals surface area (Å²) < 4.78 is 4.74. The molecule has 0 saturated heterocycles. The van der Waals surface area contributed by atoms with E-state index >= 15 is 0 Å². The highest BCUT2D eigenvalue weighted by Gasteiger charge is 2.49. The van der Waals surface area contributed by atoms with Gasteiger partial charge in [-0.05, 0) is 31.1 Å². The molecule has 0 heterocycles. The van der Waals surface area contributed by atoms with Gasteiger partial charge in [0.1, 0.15) is 0 Å². The normalized spacial score (nSPS) is 44.8. The molecule has 0 aliphatic heterocycles. The Hall–Kier alpha value is -0.570. The Morgan fingerprint density at radius 3 is 2.58 bits per heavy atom. The lowest BCUT2D eigenvalue weighted by molar-refractivity contribution is -0.147. The number of carbonyl (C=O) groups excluding carboxylic acids is 1. The highest BCUT2D eigenvalue weighted by atomic mass is 16.5. The van der Waals surface area contributed by atoms with Crippen LogP contribution in [0.5, 0.6) is 0 Å². The first-order valence-corrected chi connectivity index (χ1v) is 4.57. The van der Waals surface area contributed by atoms with Crippen LogP contribution in [0.3, 0.4) is 0 Å². The van der Waals surface area contributed by atoms with E-state index in [0.29, 0.717) is 11.8 Å². The summed E-state index contributed by atoms with van der Waals surface area (Å²) >= 11 is 0. The Bertz CT molecular complexity index is 203. The quantitative estimate of drug-likeness (QED) is 0.583. The zero-order valence-corrected chi connectivity index (χ0v) is 7.32. The average molecular weight is 169 g/mol. The van der Waals surface area contributed by atoms with Crippen LogP contribution in [-0.2, 0) is 9.53 Å². The topological polar surface area (TPSA) is 52.3 Å². The lowest BCUT2D eigenvalue weighted by atomic mass is 9.85. The maximum Gasteiger partial charge on any atom is 0.310 e. The molecule has 2 fully saturated rings. The molecule has 0 aromatic carbocycles. The highest BCUT2D eigenvalue weighted by molar-refractivity contribution is 5.74. The van der Waals surface area contributed by atoms with Crippen molar-refractivity contribution < 1.29 is 9.53 Å². The largest absolute Gasteiger partial charge is 0.469 e. The Labute approximate surface area is 72.3 Å². The van der Waals surface area contributed by atoms with Gasteiger partial charge in [0.15, 0.2) is 0 Å². The molecule has 2 rings (SSSR count). The van der Waals surface area contributed by atoms with Gasteiger partial charge in [0.25, 0.3) is 0 Å². The number of ether oxygens (including phenoxy) is 1. The average Bonchev–Trinajstić information content (AvgIpc) is 2.63. The van der Waals surface area contributed by atoms with Crippen molar-refractivity contribution in [2.45, 2.75) is 25.3 Å². The van der Waals surface area contributed by atoms with Gasteiger partial charge in [-0.2, -0.15) is 0 Å². The monoisotopic (exact) mass is 169 g/mol. The lowest BCUT2D eigenvalue weighted by Crippen LogP contribution is -2.40. The second-order valence-corrected chi connectivity index (χ2v) is 3.96. The fraction of sp³-hybridized carbons (Fsp3) is 0.889. The van der Waals surface area contributed by atoms with E-state index in [0.717, 1.165) is 12.8 Å². The standard InChI is InChI=1S/C9H15NO2/c1-12-9(11)7-5-2-3-6(4-5)8(7)10/h5-8H,2-4,10H2,1H3/t5?,6-,7?,8?/m1/s1. The van der Waals surface area contributed by atoms with E-state index in [9.17, 15) is 4.79 Å². The molecule has 68 valence electrons. The summed E-state index contributed by atoms with van der Waals surface area (Å²) in [6, 6.07) is 0.0659. The van der Waals surface area contributed by atoms with Crippen LogP contribution in [-0.4, -0.2) is 19.1 Å². The summed E-state index contributed by atoms with van der Waals surface area (Å²) in [5.41, 5.74) is 5.94. The molecule has 2 aliphatic rings. The van der Waals surface area contributed by atoms with Gasteiger partial charge in [0.05, 0.1) is 13.0 Å². The van der Waals surface area contributed by atoms with Gasteiger partial charge in [-0.3, -0.25) is 4.79 Å². The van der Waals surface area contributed by atoms with Crippen LogP contribution >= 0.6 is 0 Å². The molecular weight excluding hydrogens is 154 g/mol.